The first-order chi connectivity index (χ1) is 7.38. The molecule has 0 saturated carbocycles. The number of likely N-dealkylation sites (tertiary alicyclic amines) is 1. The lowest BCUT2D eigenvalue weighted by molar-refractivity contribution is -0.194. The van der Waals surface area contributed by atoms with Gasteiger partial charge < -0.3 is 4.90 Å². The molecule has 0 bridgehead atoms. The highest BCUT2D eigenvalue weighted by Crippen LogP contribution is 2.20. The van der Waals surface area contributed by atoms with Crippen LogP contribution in [0.25, 0.3) is 0 Å². The zero-order chi connectivity index (χ0) is 12.2. The minimum atomic E-state index is -4.26. The van der Waals surface area contributed by atoms with Gasteiger partial charge in [-0.15, -0.1) is 0 Å². The molecule has 1 rings (SSSR count). The van der Waals surface area contributed by atoms with Crippen molar-refractivity contribution in [1.82, 2.24) is 10.4 Å². The summed E-state index contributed by atoms with van der Waals surface area (Å²) in [7, 11) is 2.05. The van der Waals surface area contributed by atoms with Gasteiger partial charge in [-0.2, -0.15) is 18.7 Å². The molecule has 1 atom stereocenters. The third kappa shape index (κ3) is 5.14. The average Bonchev–Trinajstić information content (AvgIpc) is 2.16. The zero-order valence-corrected chi connectivity index (χ0v) is 9.68. The molecule has 0 aliphatic carbocycles. The third-order valence-electron chi connectivity index (χ3n) is 2.98. The van der Waals surface area contributed by atoms with Gasteiger partial charge in [-0.1, -0.05) is 0 Å². The average molecular weight is 240 g/mol. The molecule has 1 saturated heterocycles. The molecule has 0 aromatic rings. The van der Waals surface area contributed by atoms with Crippen LogP contribution in [0.2, 0.25) is 0 Å². The van der Waals surface area contributed by atoms with E-state index in [-0.39, 0.29) is 6.04 Å². The maximum absolute atomic E-state index is 11.8. The molecule has 1 N–H and O–H groups in total. The van der Waals surface area contributed by atoms with Gasteiger partial charge in [0.2, 0.25) is 0 Å². The van der Waals surface area contributed by atoms with Crippen LogP contribution >= 0.6 is 0 Å². The third-order valence-corrected chi connectivity index (χ3v) is 2.98. The van der Waals surface area contributed by atoms with Crippen LogP contribution in [0.15, 0.2) is 0 Å². The van der Waals surface area contributed by atoms with Gasteiger partial charge in [0.25, 0.3) is 0 Å². The maximum atomic E-state index is 11.8. The minimum Gasteiger partial charge on any atom is -0.306 e. The number of hydrogen-bond acceptors (Lipinski definition) is 3. The summed E-state index contributed by atoms with van der Waals surface area (Å²) in [4.78, 5) is 6.67. The van der Waals surface area contributed by atoms with Gasteiger partial charge in [-0.25, -0.2) is 0 Å². The van der Waals surface area contributed by atoms with Crippen molar-refractivity contribution in [2.24, 2.45) is 5.92 Å². The molecule has 0 aromatic carbocycles. The van der Waals surface area contributed by atoms with Crippen molar-refractivity contribution < 1.29 is 18.0 Å². The van der Waals surface area contributed by atoms with Crippen molar-refractivity contribution in [1.29, 1.82) is 0 Å². The summed E-state index contributed by atoms with van der Waals surface area (Å²) in [5.41, 5.74) is 2.49. The van der Waals surface area contributed by atoms with E-state index < -0.39 is 12.8 Å². The second-order valence-electron chi connectivity index (χ2n) is 4.45. The second-order valence-corrected chi connectivity index (χ2v) is 4.45. The van der Waals surface area contributed by atoms with E-state index in [1.807, 2.05) is 6.92 Å². The van der Waals surface area contributed by atoms with E-state index in [1.54, 1.807) is 0 Å². The highest BCUT2D eigenvalue weighted by molar-refractivity contribution is 4.76. The molecule has 3 nitrogen and oxygen atoms in total. The fourth-order valence-corrected chi connectivity index (χ4v) is 1.88. The SMILES string of the molecule is CC(NOCC(F)(F)F)C1CCN(C)CC1. The zero-order valence-electron chi connectivity index (χ0n) is 9.68. The molecular formula is C10H19F3N2O. The molecule has 1 heterocycles. The van der Waals surface area contributed by atoms with Crippen LogP contribution in [0.3, 0.4) is 0 Å². The van der Waals surface area contributed by atoms with Crippen molar-refractivity contribution in [3.63, 3.8) is 0 Å². The smallest absolute Gasteiger partial charge is 0.306 e. The summed E-state index contributed by atoms with van der Waals surface area (Å²) in [6.45, 7) is 2.63. The first kappa shape index (κ1) is 13.7. The van der Waals surface area contributed by atoms with E-state index in [9.17, 15) is 13.2 Å². The van der Waals surface area contributed by atoms with Crippen LogP contribution in [0.5, 0.6) is 0 Å². The number of alkyl halides is 3. The summed E-state index contributed by atoms with van der Waals surface area (Å²) in [5.74, 6) is 0.393. The highest BCUT2D eigenvalue weighted by Gasteiger charge is 2.29. The highest BCUT2D eigenvalue weighted by atomic mass is 19.4. The molecule has 96 valence electrons. The number of hydroxylamine groups is 1. The van der Waals surface area contributed by atoms with Crippen molar-refractivity contribution >= 4 is 0 Å². The van der Waals surface area contributed by atoms with Gasteiger partial charge in [-0.3, -0.25) is 4.84 Å². The molecule has 6 heteroatoms. The molecule has 0 radical (unpaired) electrons. The molecule has 0 spiro atoms. The monoisotopic (exact) mass is 240 g/mol. The second kappa shape index (κ2) is 5.84. The predicted octanol–water partition coefficient (Wildman–Crippen LogP) is 1.80. The molecule has 1 fully saturated rings. The Hall–Kier alpha value is -0.330. The van der Waals surface area contributed by atoms with E-state index >= 15 is 0 Å². The number of halogens is 3. The molecule has 16 heavy (non-hydrogen) atoms. The van der Waals surface area contributed by atoms with Gasteiger partial charge in [0, 0.05) is 6.04 Å². The predicted molar refractivity (Wildman–Crippen MR) is 54.8 cm³/mol. The number of piperidine rings is 1. The molecular weight excluding hydrogens is 221 g/mol. The molecule has 1 unspecified atom stereocenters. The van der Waals surface area contributed by atoms with Crippen LogP contribution < -0.4 is 5.48 Å². The largest absolute Gasteiger partial charge is 0.413 e. The van der Waals surface area contributed by atoms with E-state index in [1.165, 1.54) is 0 Å². The Labute approximate surface area is 93.9 Å². The number of nitrogens with zero attached hydrogens (tertiary/aromatic N) is 1. The van der Waals surface area contributed by atoms with E-state index in [4.69, 9.17) is 0 Å². The summed E-state index contributed by atoms with van der Waals surface area (Å²) in [6.07, 6.45) is -2.26. The molecule has 0 aromatic heterocycles. The first-order valence-electron chi connectivity index (χ1n) is 5.51. The fourth-order valence-electron chi connectivity index (χ4n) is 1.88. The van der Waals surface area contributed by atoms with Crippen LogP contribution in [-0.4, -0.2) is 43.9 Å². The molecule has 1 aliphatic rings. The van der Waals surface area contributed by atoms with Gasteiger partial charge >= 0.3 is 6.18 Å². The van der Waals surface area contributed by atoms with Crippen LogP contribution in [-0.2, 0) is 4.84 Å². The summed E-state index contributed by atoms with van der Waals surface area (Å²) in [6, 6.07) is -0.0314. The van der Waals surface area contributed by atoms with E-state index in [2.05, 4.69) is 22.3 Å². The quantitative estimate of drug-likeness (QED) is 0.758. The minimum absolute atomic E-state index is 0.0314. The standard InChI is InChI=1S/C10H19F3N2O/c1-8(14-16-7-10(11,12)13)9-3-5-15(2)6-4-9/h8-9,14H,3-7H2,1-2H3. The van der Waals surface area contributed by atoms with Crippen LogP contribution in [0.4, 0.5) is 13.2 Å². The Morgan fingerprint density at radius 1 is 1.38 bits per heavy atom. The van der Waals surface area contributed by atoms with E-state index in [0.717, 1.165) is 25.9 Å². The van der Waals surface area contributed by atoms with E-state index in [0.29, 0.717) is 5.92 Å². The van der Waals surface area contributed by atoms with Gasteiger partial charge in [0.15, 0.2) is 6.61 Å². The number of hydrogen-bond donors (Lipinski definition) is 1. The lowest BCUT2D eigenvalue weighted by Gasteiger charge is -2.32. The Balaban J connectivity index is 2.17. The fraction of sp³-hybridized carbons (Fsp3) is 1.00. The number of rotatable bonds is 4. The van der Waals surface area contributed by atoms with Crippen LogP contribution in [0, 0.1) is 5.92 Å². The van der Waals surface area contributed by atoms with Crippen molar-refractivity contribution in [3.05, 3.63) is 0 Å². The summed E-state index contributed by atoms with van der Waals surface area (Å²) < 4.78 is 35.5. The first-order valence-corrected chi connectivity index (χ1v) is 5.51. The van der Waals surface area contributed by atoms with Crippen molar-refractivity contribution in [3.8, 4) is 0 Å². The van der Waals surface area contributed by atoms with Crippen molar-refractivity contribution in [2.45, 2.75) is 32.0 Å². The lowest BCUT2D eigenvalue weighted by Crippen LogP contribution is -2.41. The van der Waals surface area contributed by atoms with Gasteiger partial charge in [0.05, 0.1) is 0 Å². The molecule has 1 aliphatic heterocycles. The van der Waals surface area contributed by atoms with Crippen molar-refractivity contribution in [2.75, 3.05) is 26.7 Å². The Morgan fingerprint density at radius 2 is 1.94 bits per heavy atom. The Bertz CT molecular complexity index is 203. The van der Waals surface area contributed by atoms with Gasteiger partial charge in [0.1, 0.15) is 0 Å². The Morgan fingerprint density at radius 3 is 2.44 bits per heavy atom. The normalized spacial score (nSPS) is 22.3. The number of nitrogens with one attached hydrogen (secondary N) is 1. The molecule has 0 amide bonds. The van der Waals surface area contributed by atoms with Gasteiger partial charge in [-0.05, 0) is 45.8 Å². The Kier molecular flexibility index (Phi) is 5.01. The maximum Gasteiger partial charge on any atom is 0.413 e. The summed E-state index contributed by atoms with van der Waals surface area (Å²) >= 11 is 0. The van der Waals surface area contributed by atoms with Crippen LogP contribution in [0.1, 0.15) is 19.8 Å². The summed E-state index contributed by atoms with van der Waals surface area (Å²) in [5, 5.41) is 0. The lowest BCUT2D eigenvalue weighted by atomic mass is 9.91. The topological polar surface area (TPSA) is 24.5 Å².